The van der Waals surface area contributed by atoms with Crippen LogP contribution in [0.5, 0.6) is 0 Å². The van der Waals surface area contributed by atoms with Crippen molar-refractivity contribution in [1.29, 1.82) is 0 Å². The van der Waals surface area contributed by atoms with Crippen LogP contribution in [0, 0.1) is 5.92 Å². The molecule has 2 aromatic heterocycles. The Bertz CT molecular complexity index is 693. The molecule has 0 aromatic carbocycles. The molecule has 0 bridgehead atoms. The summed E-state index contributed by atoms with van der Waals surface area (Å²) < 4.78 is 8.49. The van der Waals surface area contributed by atoms with Crippen LogP contribution in [0.2, 0.25) is 0 Å². The van der Waals surface area contributed by atoms with E-state index in [1.807, 2.05) is 0 Å². The van der Waals surface area contributed by atoms with Crippen molar-refractivity contribution < 1.29 is 4.74 Å². The maximum absolute atomic E-state index is 12.5. The average Bonchev–Trinajstić information content (AvgIpc) is 2.90. The topological polar surface area (TPSA) is 65.2 Å². The number of hydrogen-bond donors (Lipinski definition) is 0. The van der Waals surface area contributed by atoms with Gasteiger partial charge in [0.25, 0.3) is 5.56 Å². The summed E-state index contributed by atoms with van der Waals surface area (Å²) in [6.07, 6.45) is 5.74. The maximum atomic E-state index is 12.5. The second-order valence-electron chi connectivity index (χ2n) is 6.04. The van der Waals surface area contributed by atoms with E-state index in [-0.39, 0.29) is 5.56 Å². The quantitative estimate of drug-likeness (QED) is 0.804. The fourth-order valence-corrected chi connectivity index (χ4v) is 3.18. The van der Waals surface area contributed by atoms with Gasteiger partial charge in [0, 0.05) is 33.8 Å². The zero-order valence-corrected chi connectivity index (χ0v) is 13.2. The first-order chi connectivity index (χ1) is 10.7. The van der Waals surface area contributed by atoms with E-state index in [0.29, 0.717) is 23.5 Å². The number of likely N-dealkylation sites (tertiary alicyclic amines) is 1. The molecule has 0 radical (unpaired) electrons. The molecule has 0 unspecified atom stereocenters. The van der Waals surface area contributed by atoms with Crippen LogP contribution < -0.4 is 5.56 Å². The lowest BCUT2D eigenvalue weighted by atomic mass is 9.98. The number of hydrogen-bond acceptors (Lipinski definition) is 5. The van der Waals surface area contributed by atoms with E-state index in [4.69, 9.17) is 4.74 Å². The molecule has 0 N–H and O–H groups in total. The highest BCUT2D eigenvalue weighted by molar-refractivity contribution is 5.71. The van der Waals surface area contributed by atoms with Gasteiger partial charge in [0.15, 0.2) is 5.52 Å². The van der Waals surface area contributed by atoms with E-state index in [1.54, 1.807) is 35.9 Å². The molecule has 3 rings (SSSR count). The van der Waals surface area contributed by atoms with Crippen molar-refractivity contribution in [3.05, 3.63) is 22.9 Å². The molecule has 1 aliphatic heterocycles. The van der Waals surface area contributed by atoms with Gasteiger partial charge in [0.1, 0.15) is 5.52 Å². The van der Waals surface area contributed by atoms with Gasteiger partial charge in [-0.25, -0.2) is 4.98 Å². The molecule has 1 aliphatic rings. The lowest BCUT2D eigenvalue weighted by Crippen LogP contribution is -2.40. The SMILES string of the molecule is COCCN1CCC[C@@H](Cn2cnc3cn(C)nc3c2=O)C1. The third-order valence-electron chi connectivity index (χ3n) is 4.28. The first-order valence-electron chi connectivity index (χ1n) is 7.77. The van der Waals surface area contributed by atoms with E-state index >= 15 is 0 Å². The summed E-state index contributed by atoms with van der Waals surface area (Å²) in [5.41, 5.74) is 1.07. The Kier molecular flexibility index (Phi) is 4.54. The average molecular weight is 305 g/mol. The summed E-state index contributed by atoms with van der Waals surface area (Å²) >= 11 is 0. The lowest BCUT2D eigenvalue weighted by molar-refractivity contribution is 0.109. The second kappa shape index (κ2) is 6.58. The summed E-state index contributed by atoms with van der Waals surface area (Å²) in [6, 6.07) is 0. The number of fused-ring (bicyclic) bond motifs is 1. The van der Waals surface area contributed by atoms with E-state index in [0.717, 1.165) is 32.7 Å². The summed E-state index contributed by atoms with van der Waals surface area (Å²) in [5.74, 6) is 0.478. The molecule has 0 saturated carbocycles. The molecule has 0 amide bonds. The van der Waals surface area contributed by atoms with Gasteiger partial charge in [-0.2, -0.15) is 5.10 Å². The molecule has 0 aliphatic carbocycles. The van der Waals surface area contributed by atoms with Crippen LogP contribution in [0.4, 0.5) is 0 Å². The van der Waals surface area contributed by atoms with Gasteiger partial charge in [0.05, 0.1) is 19.1 Å². The minimum absolute atomic E-state index is 0.0420. The highest BCUT2D eigenvalue weighted by atomic mass is 16.5. The third-order valence-corrected chi connectivity index (χ3v) is 4.28. The number of rotatable bonds is 5. The Hall–Kier alpha value is -1.73. The predicted molar refractivity (Wildman–Crippen MR) is 83.8 cm³/mol. The van der Waals surface area contributed by atoms with E-state index in [1.165, 1.54) is 6.42 Å². The molecule has 0 spiro atoms. The predicted octanol–water partition coefficient (Wildman–Crippen LogP) is 0.488. The molecule has 3 heterocycles. The monoisotopic (exact) mass is 305 g/mol. The van der Waals surface area contributed by atoms with Gasteiger partial charge < -0.3 is 9.64 Å². The van der Waals surface area contributed by atoms with E-state index in [2.05, 4.69) is 15.0 Å². The van der Waals surface area contributed by atoms with E-state index in [9.17, 15) is 4.79 Å². The minimum Gasteiger partial charge on any atom is -0.383 e. The van der Waals surface area contributed by atoms with E-state index < -0.39 is 0 Å². The molecule has 2 aromatic rings. The zero-order valence-electron chi connectivity index (χ0n) is 13.2. The molecule has 1 saturated heterocycles. The Morgan fingerprint density at radius 2 is 2.32 bits per heavy atom. The van der Waals surface area contributed by atoms with Crippen LogP contribution in [0.25, 0.3) is 11.0 Å². The zero-order chi connectivity index (χ0) is 15.5. The Balaban J connectivity index is 1.72. The summed E-state index contributed by atoms with van der Waals surface area (Å²) in [6.45, 7) is 4.55. The standard InChI is InChI=1S/C15H23N5O2/c1-18-10-13-14(17-18)15(21)20(11-16-13)9-12-4-3-5-19(8-12)6-7-22-2/h10-12H,3-9H2,1-2H3/t12-/m1/s1. The Morgan fingerprint density at radius 1 is 1.45 bits per heavy atom. The number of aryl methyl sites for hydroxylation is 1. The maximum Gasteiger partial charge on any atom is 0.281 e. The van der Waals surface area contributed by atoms with Crippen LogP contribution in [0.15, 0.2) is 17.3 Å². The van der Waals surface area contributed by atoms with Crippen molar-refractivity contribution in [2.75, 3.05) is 33.4 Å². The van der Waals surface area contributed by atoms with Crippen molar-refractivity contribution in [2.45, 2.75) is 19.4 Å². The molecule has 7 nitrogen and oxygen atoms in total. The van der Waals surface area contributed by atoms with Crippen LogP contribution in [0.3, 0.4) is 0 Å². The first kappa shape index (κ1) is 15.2. The number of aromatic nitrogens is 4. The van der Waals surface area contributed by atoms with Gasteiger partial charge in [-0.3, -0.25) is 14.0 Å². The minimum atomic E-state index is -0.0420. The summed E-state index contributed by atoms with van der Waals surface area (Å²) in [7, 11) is 3.54. The number of methoxy groups -OCH3 is 1. The molecular formula is C15H23N5O2. The fraction of sp³-hybridized carbons (Fsp3) is 0.667. The van der Waals surface area contributed by atoms with Crippen LogP contribution in [-0.2, 0) is 18.3 Å². The van der Waals surface area contributed by atoms with Crippen LogP contribution >= 0.6 is 0 Å². The Morgan fingerprint density at radius 3 is 3.14 bits per heavy atom. The van der Waals surface area contributed by atoms with Gasteiger partial charge in [-0.05, 0) is 25.3 Å². The van der Waals surface area contributed by atoms with Crippen molar-refractivity contribution in [3.63, 3.8) is 0 Å². The largest absolute Gasteiger partial charge is 0.383 e. The highest BCUT2D eigenvalue weighted by Crippen LogP contribution is 2.17. The van der Waals surface area contributed by atoms with Crippen LogP contribution in [-0.4, -0.2) is 57.6 Å². The number of nitrogens with zero attached hydrogens (tertiary/aromatic N) is 5. The summed E-state index contributed by atoms with van der Waals surface area (Å²) in [5, 5.41) is 4.22. The molecule has 22 heavy (non-hydrogen) atoms. The van der Waals surface area contributed by atoms with Crippen molar-refractivity contribution >= 4 is 11.0 Å². The van der Waals surface area contributed by atoms with Crippen molar-refractivity contribution in [2.24, 2.45) is 13.0 Å². The summed E-state index contributed by atoms with van der Waals surface area (Å²) in [4.78, 5) is 19.2. The van der Waals surface area contributed by atoms with Crippen molar-refractivity contribution in [1.82, 2.24) is 24.2 Å². The number of piperidine rings is 1. The van der Waals surface area contributed by atoms with Gasteiger partial charge >= 0.3 is 0 Å². The normalized spacial score (nSPS) is 19.8. The second-order valence-corrected chi connectivity index (χ2v) is 6.04. The van der Waals surface area contributed by atoms with Crippen LogP contribution in [0.1, 0.15) is 12.8 Å². The molecular weight excluding hydrogens is 282 g/mol. The fourth-order valence-electron chi connectivity index (χ4n) is 3.18. The molecule has 120 valence electrons. The van der Waals surface area contributed by atoms with Gasteiger partial charge in [0.2, 0.25) is 0 Å². The smallest absolute Gasteiger partial charge is 0.281 e. The molecule has 1 fully saturated rings. The molecule has 7 heteroatoms. The van der Waals surface area contributed by atoms with Gasteiger partial charge in [-0.15, -0.1) is 0 Å². The molecule has 1 atom stereocenters. The Labute approximate surface area is 129 Å². The lowest BCUT2D eigenvalue weighted by Gasteiger charge is -2.32. The van der Waals surface area contributed by atoms with Crippen molar-refractivity contribution in [3.8, 4) is 0 Å². The number of ether oxygens (including phenoxy) is 1. The highest BCUT2D eigenvalue weighted by Gasteiger charge is 2.21. The third kappa shape index (κ3) is 3.20. The van der Waals surface area contributed by atoms with Gasteiger partial charge in [-0.1, -0.05) is 0 Å². The first-order valence-corrected chi connectivity index (χ1v) is 7.77.